The molecule has 0 aliphatic carbocycles. The number of rotatable bonds is 7. The van der Waals surface area contributed by atoms with E-state index in [1.54, 1.807) is 20.8 Å². The number of sulfone groups is 1. The van der Waals surface area contributed by atoms with Gasteiger partial charge in [-0.25, -0.2) is 17.9 Å². The normalized spacial score (nSPS) is 12.6. The highest BCUT2D eigenvalue weighted by Crippen LogP contribution is 2.17. The fourth-order valence-electron chi connectivity index (χ4n) is 1.64. The number of carboxylic acids is 1. The number of aryl methyl sites for hydroxylation is 1. The lowest BCUT2D eigenvalue weighted by Crippen LogP contribution is -2.32. The average molecular weight is 319 g/mol. The molecule has 0 bridgehead atoms. The molecule has 1 rings (SSSR count). The molecule has 21 heavy (non-hydrogen) atoms. The number of hydrogen-bond donors (Lipinski definition) is 1. The molecule has 0 spiro atoms. The van der Waals surface area contributed by atoms with Crippen LogP contribution in [-0.2, 0) is 27.5 Å². The van der Waals surface area contributed by atoms with Crippen molar-refractivity contribution in [3.8, 4) is 0 Å². The van der Waals surface area contributed by atoms with Gasteiger partial charge in [0.2, 0.25) is 0 Å². The molecule has 0 aliphatic rings. The first kappa shape index (κ1) is 17.6. The summed E-state index contributed by atoms with van der Waals surface area (Å²) in [6, 6.07) is 0. The molecule has 0 atom stereocenters. The minimum Gasteiger partial charge on any atom is -0.476 e. The third-order valence-corrected chi connectivity index (χ3v) is 5.67. The van der Waals surface area contributed by atoms with Crippen molar-refractivity contribution in [3.63, 3.8) is 0 Å². The number of ether oxygens (including phenoxy) is 1. The number of nitrogens with zero attached hydrogens (tertiary/aromatic N) is 3. The number of carboxylic acid groups (broad SMARTS) is 1. The average Bonchev–Trinajstić information content (AvgIpc) is 2.75. The number of hydrogen-bond acceptors (Lipinski definition) is 6. The summed E-state index contributed by atoms with van der Waals surface area (Å²) in [5.41, 5.74) is 0.202. The zero-order valence-corrected chi connectivity index (χ0v) is 13.5. The zero-order valence-electron chi connectivity index (χ0n) is 12.7. The van der Waals surface area contributed by atoms with Crippen LogP contribution in [0.4, 0.5) is 0 Å². The van der Waals surface area contributed by atoms with E-state index in [2.05, 4.69) is 10.3 Å². The van der Waals surface area contributed by atoms with Gasteiger partial charge >= 0.3 is 5.97 Å². The van der Waals surface area contributed by atoms with E-state index in [-0.39, 0.29) is 18.0 Å². The van der Waals surface area contributed by atoms with Crippen LogP contribution < -0.4 is 0 Å². The summed E-state index contributed by atoms with van der Waals surface area (Å²) in [6.07, 6.45) is 0.306. The molecule has 0 saturated carbocycles. The van der Waals surface area contributed by atoms with E-state index >= 15 is 0 Å². The third-order valence-electron chi connectivity index (χ3n) is 3.09. The predicted octanol–water partition coefficient (Wildman–Crippen LogP) is 0.379. The summed E-state index contributed by atoms with van der Waals surface area (Å²) < 4.78 is 29.6. The van der Waals surface area contributed by atoms with Crippen LogP contribution in [-0.4, -0.2) is 58.7 Å². The first-order chi connectivity index (χ1) is 9.60. The highest BCUT2D eigenvalue weighted by Gasteiger charge is 2.29. The molecule has 8 nitrogen and oxygen atoms in total. The van der Waals surface area contributed by atoms with E-state index in [1.165, 1.54) is 11.8 Å². The van der Waals surface area contributed by atoms with Crippen LogP contribution >= 0.6 is 0 Å². The topological polar surface area (TPSA) is 111 Å². The van der Waals surface area contributed by atoms with Gasteiger partial charge in [-0.05, 0) is 20.8 Å². The largest absolute Gasteiger partial charge is 0.476 e. The third kappa shape index (κ3) is 4.24. The Labute approximate surface area is 124 Å². The van der Waals surface area contributed by atoms with Gasteiger partial charge in [0, 0.05) is 13.5 Å². The van der Waals surface area contributed by atoms with Gasteiger partial charge in [-0.3, -0.25) is 0 Å². The monoisotopic (exact) mass is 319 g/mol. The molecule has 0 unspecified atom stereocenters. The molecular weight excluding hydrogens is 298 g/mol. The Balaban J connectivity index is 2.96. The van der Waals surface area contributed by atoms with Crippen molar-refractivity contribution in [2.45, 2.75) is 38.5 Å². The van der Waals surface area contributed by atoms with Gasteiger partial charge in [0.15, 0.2) is 15.5 Å². The molecule has 9 heteroatoms. The second kappa shape index (κ2) is 6.52. The zero-order chi connectivity index (χ0) is 16.3. The molecule has 1 aromatic rings. The van der Waals surface area contributed by atoms with Crippen molar-refractivity contribution in [2.75, 3.05) is 19.5 Å². The van der Waals surface area contributed by atoms with Crippen molar-refractivity contribution in [1.29, 1.82) is 0 Å². The van der Waals surface area contributed by atoms with Gasteiger partial charge in [-0.15, -0.1) is 5.10 Å². The molecule has 0 amide bonds. The van der Waals surface area contributed by atoms with Crippen molar-refractivity contribution < 1.29 is 23.1 Å². The minimum absolute atomic E-state index is 0.0684. The molecule has 1 N–H and O–H groups in total. The van der Waals surface area contributed by atoms with Crippen molar-refractivity contribution in [3.05, 3.63) is 11.4 Å². The Morgan fingerprint density at radius 1 is 1.38 bits per heavy atom. The lowest BCUT2D eigenvalue weighted by molar-refractivity contribution is 0.0688. The maximum atomic E-state index is 12.1. The van der Waals surface area contributed by atoms with Crippen molar-refractivity contribution >= 4 is 15.8 Å². The van der Waals surface area contributed by atoms with Crippen molar-refractivity contribution in [2.24, 2.45) is 0 Å². The van der Waals surface area contributed by atoms with Gasteiger partial charge in [0.1, 0.15) is 0 Å². The maximum absolute atomic E-state index is 12.1. The van der Waals surface area contributed by atoms with Crippen LogP contribution in [0.3, 0.4) is 0 Å². The fourth-order valence-corrected chi connectivity index (χ4v) is 2.66. The Morgan fingerprint density at radius 2 is 2.00 bits per heavy atom. The first-order valence-electron chi connectivity index (χ1n) is 6.47. The fraction of sp³-hybridized carbons (Fsp3) is 0.750. The van der Waals surface area contributed by atoms with E-state index in [9.17, 15) is 13.2 Å². The molecule has 0 fully saturated rings. The summed E-state index contributed by atoms with van der Waals surface area (Å²) in [5.74, 6) is -1.31. The Morgan fingerprint density at radius 3 is 2.48 bits per heavy atom. The minimum atomic E-state index is -3.31. The number of aromatic carboxylic acids is 1. The SMILES string of the molecule is COCCc1c(C(=O)O)nnn1CCS(=O)(=O)C(C)(C)C. The summed E-state index contributed by atoms with van der Waals surface area (Å²) in [6.45, 7) is 5.24. The standard InChI is InChI=1S/C12H21N3O5S/c1-12(2,3)21(18,19)8-6-15-9(5-7-20-4)10(11(16)17)13-14-15/h5-8H2,1-4H3,(H,16,17). The van der Waals surface area contributed by atoms with Gasteiger partial charge < -0.3 is 9.84 Å². The number of methoxy groups -OCH3 is 1. The molecule has 0 aliphatic heterocycles. The number of carbonyl (C=O) groups is 1. The lowest BCUT2D eigenvalue weighted by Gasteiger charge is -2.19. The molecule has 0 saturated heterocycles. The first-order valence-corrected chi connectivity index (χ1v) is 8.12. The van der Waals surface area contributed by atoms with E-state index < -0.39 is 20.6 Å². The smallest absolute Gasteiger partial charge is 0.358 e. The van der Waals surface area contributed by atoms with E-state index in [4.69, 9.17) is 9.84 Å². The summed E-state index contributed by atoms with van der Waals surface area (Å²) in [5, 5.41) is 16.4. The Kier molecular flexibility index (Phi) is 5.46. The van der Waals surface area contributed by atoms with Crippen LogP contribution in [0.1, 0.15) is 37.0 Å². The van der Waals surface area contributed by atoms with Gasteiger partial charge in [-0.2, -0.15) is 0 Å². The van der Waals surface area contributed by atoms with Crippen molar-refractivity contribution in [1.82, 2.24) is 15.0 Å². The van der Waals surface area contributed by atoms with Gasteiger partial charge in [0.25, 0.3) is 0 Å². The van der Waals surface area contributed by atoms with Crippen LogP contribution in [0.25, 0.3) is 0 Å². The highest BCUT2D eigenvalue weighted by molar-refractivity contribution is 7.92. The second-order valence-corrected chi connectivity index (χ2v) is 8.45. The maximum Gasteiger partial charge on any atom is 0.358 e. The predicted molar refractivity (Wildman–Crippen MR) is 76.1 cm³/mol. The molecule has 1 aromatic heterocycles. The molecular formula is C12H21N3O5S. The number of aromatic nitrogens is 3. The van der Waals surface area contributed by atoms with E-state index in [0.717, 1.165) is 0 Å². The second-order valence-electron chi connectivity index (χ2n) is 5.59. The molecule has 0 radical (unpaired) electrons. The summed E-state index contributed by atoms with van der Waals surface area (Å²) >= 11 is 0. The molecule has 0 aromatic carbocycles. The molecule has 120 valence electrons. The Bertz CT molecular complexity index is 601. The van der Waals surface area contributed by atoms with E-state index in [1.807, 2.05) is 0 Å². The highest BCUT2D eigenvalue weighted by atomic mass is 32.2. The Hall–Kier alpha value is -1.48. The van der Waals surface area contributed by atoms with Crippen LogP contribution in [0.15, 0.2) is 0 Å². The molecule has 1 heterocycles. The van der Waals surface area contributed by atoms with Crippen LogP contribution in [0.5, 0.6) is 0 Å². The van der Waals surface area contributed by atoms with Crippen LogP contribution in [0, 0.1) is 0 Å². The van der Waals surface area contributed by atoms with Gasteiger partial charge in [-0.1, -0.05) is 5.21 Å². The van der Waals surface area contributed by atoms with E-state index in [0.29, 0.717) is 18.7 Å². The summed E-state index contributed by atoms with van der Waals surface area (Å²) in [7, 11) is -1.81. The van der Waals surface area contributed by atoms with Crippen LogP contribution in [0.2, 0.25) is 0 Å². The quantitative estimate of drug-likeness (QED) is 0.773. The summed E-state index contributed by atoms with van der Waals surface area (Å²) in [4.78, 5) is 11.1. The lowest BCUT2D eigenvalue weighted by atomic mass is 10.2. The van der Waals surface area contributed by atoms with Gasteiger partial charge in [0.05, 0.1) is 29.3 Å².